The summed E-state index contributed by atoms with van der Waals surface area (Å²) in [6.45, 7) is 9.86. The Hall–Kier alpha value is -3.58. The van der Waals surface area contributed by atoms with Crippen molar-refractivity contribution in [1.29, 1.82) is 0 Å². The van der Waals surface area contributed by atoms with Crippen LogP contribution in [0.3, 0.4) is 0 Å². The number of benzene rings is 2. The van der Waals surface area contributed by atoms with Crippen molar-refractivity contribution in [3.8, 4) is 11.1 Å². The fraction of sp³-hybridized carbons (Fsp3) is 0.419. The number of nitrogens with one attached hydrogen (secondary N) is 1. The largest absolute Gasteiger partial charge is 0.466 e. The summed E-state index contributed by atoms with van der Waals surface area (Å²) in [5.74, 6) is -3.96. The maximum Gasteiger partial charge on any atom is 0.416 e. The minimum Gasteiger partial charge on any atom is -0.466 e. The second kappa shape index (κ2) is 15.9. The number of allylic oxidation sites excluding steroid dienone is 1. The van der Waals surface area contributed by atoms with E-state index >= 15 is 4.39 Å². The summed E-state index contributed by atoms with van der Waals surface area (Å²) in [7, 11) is -4.18. The van der Waals surface area contributed by atoms with Gasteiger partial charge in [0.1, 0.15) is 11.6 Å². The molecule has 13 heteroatoms. The van der Waals surface area contributed by atoms with E-state index in [4.69, 9.17) is 8.92 Å². The molecule has 0 aromatic heterocycles. The van der Waals surface area contributed by atoms with Gasteiger partial charge in [0.15, 0.2) is 6.10 Å². The third-order valence-corrected chi connectivity index (χ3v) is 7.10. The number of alkyl halides is 3. The van der Waals surface area contributed by atoms with E-state index in [0.29, 0.717) is 37.7 Å². The van der Waals surface area contributed by atoms with Crippen molar-refractivity contribution in [1.82, 2.24) is 5.32 Å². The molecule has 0 aliphatic heterocycles. The lowest BCUT2D eigenvalue weighted by Gasteiger charge is -2.25. The highest BCUT2D eigenvalue weighted by Crippen LogP contribution is 2.40. The van der Waals surface area contributed by atoms with Gasteiger partial charge in [0.2, 0.25) is 0 Å². The van der Waals surface area contributed by atoms with Gasteiger partial charge < -0.3 is 10.1 Å². The molecule has 0 saturated carbocycles. The van der Waals surface area contributed by atoms with Crippen molar-refractivity contribution in [2.24, 2.45) is 0 Å². The topological polar surface area (TPSA) is 98.8 Å². The van der Waals surface area contributed by atoms with Crippen LogP contribution in [-0.4, -0.2) is 39.3 Å². The van der Waals surface area contributed by atoms with Gasteiger partial charge in [0.25, 0.3) is 16.0 Å². The Morgan fingerprint density at radius 3 is 2.32 bits per heavy atom. The van der Waals surface area contributed by atoms with E-state index < -0.39 is 75.1 Å². The highest BCUT2D eigenvalue weighted by Gasteiger charge is 2.36. The first kappa shape index (κ1) is 36.6. The van der Waals surface area contributed by atoms with Gasteiger partial charge in [-0.15, -0.1) is 13.2 Å². The summed E-state index contributed by atoms with van der Waals surface area (Å²) >= 11 is 0. The average Bonchev–Trinajstić information content (AvgIpc) is 2.89. The molecule has 44 heavy (non-hydrogen) atoms. The predicted molar refractivity (Wildman–Crippen MR) is 156 cm³/mol. The summed E-state index contributed by atoms with van der Waals surface area (Å²) in [6.07, 6.45) is -2.23. The van der Waals surface area contributed by atoms with E-state index in [1.54, 1.807) is 6.08 Å². The van der Waals surface area contributed by atoms with Gasteiger partial charge in [-0.2, -0.15) is 21.6 Å². The molecule has 0 heterocycles. The number of ether oxygens (including phenoxy) is 1. The molecule has 0 aliphatic rings. The van der Waals surface area contributed by atoms with Gasteiger partial charge >= 0.3 is 12.1 Å². The molecule has 0 aliphatic carbocycles. The second-order valence-electron chi connectivity index (χ2n) is 10.1. The van der Waals surface area contributed by atoms with Crippen molar-refractivity contribution < 1.29 is 48.9 Å². The van der Waals surface area contributed by atoms with Crippen molar-refractivity contribution in [3.05, 3.63) is 83.5 Å². The predicted octanol–water partition coefficient (Wildman–Crippen LogP) is 6.89. The molecular formula is C31H36F5NO6S. The van der Waals surface area contributed by atoms with E-state index in [-0.39, 0.29) is 36.1 Å². The summed E-state index contributed by atoms with van der Waals surface area (Å²) in [5.41, 5.74) is -2.02. The first-order valence-corrected chi connectivity index (χ1v) is 15.6. The first-order chi connectivity index (χ1) is 20.5. The van der Waals surface area contributed by atoms with Crippen LogP contribution in [0.25, 0.3) is 11.1 Å². The number of unbranched alkanes of at least 4 members (excludes halogenated alkanes) is 2. The molecule has 0 fully saturated rings. The zero-order chi connectivity index (χ0) is 33.2. The number of aryl methyl sites for hydroxylation is 2. The molecule has 0 spiro atoms. The van der Waals surface area contributed by atoms with Crippen LogP contribution in [0.5, 0.6) is 0 Å². The summed E-state index contributed by atoms with van der Waals surface area (Å²) in [5, 5.41) is 2.26. The summed E-state index contributed by atoms with van der Waals surface area (Å²) < 4.78 is 107. The Morgan fingerprint density at radius 1 is 1.07 bits per heavy atom. The smallest absolute Gasteiger partial charge is 0.416 e. The maximum atomic E-state index is 16.5. The number of halogens is 5. The minimum absolute atomic E-state index is 0.0426. The lowest BCUT2D eigenvalue weighted by molar-refractivity contribution is -0.144. The molecule has 2 rings (SSSR count). The normalized spacial score (nSPS) is 13.2. The first-order valence-electron chi connectivity index (χ1n) is 13.8. The molecule has 0 unspecified atom stereocenters. The molecule has 0 saturated heterocycles. The van der Waals surface area contributed by atoms with E-state index in [0.717, 1.165) is 12.1 Å². The molecule has 2 aromatic carbocycles. The van der Waals surface area contributed by atoms with Gasteiger partial charge in [-0.25, -0.2) is 8.78 Å². The van der Waals surface area contributed by atoms with E-state index in [1.165, 1.54) is 19.9 Å². The third-order valence-electron chi connectivity index (χ3n) is 6.52. The van der Waals surface area contributed by atoms with Crippen molar-refractivity contribution in [3.63, 3.8) is 0 Å². The molecule has 1 N–H and O–H groups in total. The van der Waals surface area contributed by atoms with Crippen LogP contribution in [0.2, 0.25) is 0 Å². The lowest BCUT2D eigenvalue weighted by Crippen LogP contribution is -2.40. The lowest BCUT2D eigenvalue weighted by atomic mass is 9.87. The minimum atomic E-state index is -4.99. The standard InChI is InChI=1S/C31H36F5NO6S/c1-6-9-10-11-13-20-15-22(32)14-19(4)28(20)24-17-21(31(34,35)36)16-23(29(24)33)25(18-27(38)42-8-3)37-30(39)26(12-7-2)43-44(5,40)41/h6-7,14-17,25-26H,1-2,8-13,18H2,3-5H3,(H,37,39)/t25-,26+/m0/s1. The summed E-state index contributed by atoms with van der Waals surface area (Å²) in [6, 6.07) is 1.53. The Balaban J connectivity index is 2.81. The van der Waals surface area contributed by atoms with Crippen LogP contribution >= 0.6 is 0 Å². The number of hydrogen-bond acceptors (Lipinski definition) is 6. The highest BCUT2D eigenvalue weighted by molar-refractivity contribution is 7.86. The van der Waals surface area contributed by atoms with Gasteiger partial charge in [-0.05, 0) is 80.5 Å². The Bertz CT molecular complexity index is 1470. The fourth-order valence-electron chi connectivity index (χ4n) is 4.69. The molecule has 0 radical (unpaired) electrons. The van der Waals surface area contributed by atoms with Crippen LogP contribution in [0.15, 0.2) is 49.6 Å². The Morgan fingerprint density at radius 2 is 1.75 bits per heavy atom. The SMILES string of the molecule is C=CCCCCc1cc(F)cc(C)c1-c1cc(C(F)(F)F)cc([C@H](CC(=O)OCC)NC(=O)[C@@H](CC=C)OS(C)(=O)=O)c1F. The molecule has 242 valence electrons. The molecule has 2 aromatic rings. The van der Waals surface area contributed by atoms with Crippen molar-refractivity contribution in [2.75, 3.05) is 12.9 Å². The highest BCUT2D eigenvalue weighted by atomic mass is 32.2. The van der Waals surface area contributed by atoms with Crippen molar-refractivity contribution >= 4 is 22.0 Å². The number of esters is 1. The Kier molecular flexibility index (Phi) is 13.3. The monoisotopic (exact) mass is 645 g/mol. The van der Waals surface area contributed by atoms with Gasteiger partial charge in [-0.1, -0.05) is 12.2 Å². The molecular weight excluding hydrogens is 609 g/mol. The number of carbonyl (C=O) groups excluding carboxylic acids is 2. The average molecular weight is 646 g/mol. The van der Waals surface area contributed by atoms with E-state index in [9.17, 15) is 35.6 Å². The van der Waals surface area contributed by atoms with Gasteiger partial charge in [0.05, 0.1) is 30.9 Å². The van der Waals surface area contributed by atoms with Crippen LogP contribution in [0.4, 0.5) is 22.0 Å². The molecule has 1 amide bonds. The third kappa shape index (κ3) is 10.5. The van der Waals surface area contributed by atoms with Gasteiger partial charge in [-0.3, -0.25) is 13.8 Å². The van der Waals surface area contributed by atoms with E-state index in [2.05, 4.69) is 18.5 Å². The van der Waals surface area contributed by atoms with E-state index in [1.807, 2.05) is 0 Å². The van der Waals surface area contributed by atoms with Crippen molar-refractivity contribution in [2.45, 2.75) is 70.7 Å². The summed E-state index contributed by atoms with van der Waals surface area (Å²) in [4.78, 5) is 25.6. The number of hydrogen-bond donors (Lipinski definition) is 1. The maximum absolute atomic E-state index is 16.5. The molecule has 2 atom stereocenters. The second-order valence-corrected chi connectivity index (χ2v) is 11.7. The fourth-order valence-corrected chi connectivity index (χ4v) is 5.28. The van der Waals surface area contributed by atoms with Crippen LogP contribution < -0.4 is 5.32 Å². The molecule has 7 nitrogen and oxygen atoms in total. The zero-order valence-corrected chi connectivity index (χ0v) is 25.5. The molecule has 0 bridgehead atoms. The zero-order valence-electron chi connectivity index (χ0n) is 24.7. The quantitative estimate of drug-likeness (QED) is 0.0702. The number of amides is 1. The number of carbonyl (C=O) groups is 2. The Labute approximate surface area is 254 Å². The van der Waals surface area contributed by atoms with Crippen LogP contribution in [0.1, 0.15) is 67.3 Å². The van der Waals surface area contributed by atoms with Gasteiger partial charge in [0, 0.05) is 17.5 Å². The van der Waals surface area contributed by atoms with Crippen LogP contribution in [-0.2, 0) is 41.2 Å². The van der Waals surface area contributed by atoms with Crippen LogP contribution in [0, 0.1) is 18.6 Å². The number of rotatable bonds is 16.